The molecule has 1 saturated heterocycles. The molecule has 0 spiro atoms. The molecule has 1 aliphatic rings. The fraction of sp³-hybridized carbons (Fsp3) is 0.656. The van der Waals surface area contributed by atoms with E-state index in [4.69, 9.17) is 14.2 Å². The van der Waals surface area contributed by atoms with Crippen molar-refractivity contribution in [1.29, 1.82) is 0 Å². The normalized spacial score (nSPS) is 17.9. The Bertz CT molecular complexity index is 797. The van der Waals surface area contributed by atoms with Gasteiger partial charge in [-0.2, -0.15) is 0 Å². The molecule has 1 aromatic carbocycles. The molecule has 200 valence electrons. The van der Waals surface area contributed by atoms with Gasteiger partial charge in [-0.1, -0.05) is 115 Å². The summed E-state index contributed by atoms with van der Waals surface area (Å²) in [6.45, 7) is 7.59. The summed E-state index contributed by atoms with van der Waals surface area (Å²) < 4.78 is 17.9. The maximum atomic E-state index is 6.05. The Balaban J connectivity index is 1.32. The quantitative estimate of drug-likeness (QED) is 0.193. The van der Waals surface area contributed by atoms with Crippen molar-refractivity contribution in [2.24, 2.45) is 5.92 Å². The van der Waals surface area contributed by atoms with E-state index in [-0.39, 0.29) is 6.29 Å². The number of nitrogens with zero attached hydrogens (tertiary/aromatic N) is 1. The Morgan fingerprint density at radius 1 is 0.750 bits per heavy atom. The smallest absolute Gasteiger partial charge is 0.185 e. The van der Waals surface area contributed by atoms with E-state index in [1.807, 2.05) is 6.20 Å². The molecule has 0 atom stereocenters. The summed E-state index contributed by atoms with van der Waals surface area (Å²) in [6.07, 6.45) is 18.7. The van der Waals surface area contributed by atoms with Gasteiger partial charge in [0.05, 0.1) is 25.5 Å². The second kappa shape index (κ2) is 17.7. The van der Waals surface area contributed by atoms with Crippen molar-refractivity contribution in [2.75, 3.05) is 19.8 Å². The van der Waals surface area contributed by atoms with Crippen LogP contribution in [0, 0.1) is 5.92 Å². The molecule has 0 unspecified atom stereocenters. The fourth-order valence-electron chi connectivity index (χ4n) is 4.78. The monoisotopic (exact) mass is 495 g/mol. The molecule has 0 N–H and O–H groups in total. The van der Waals surface area contributed by atoms with Gasteiger partial charge < -0.3 is 14.2 Å². The molecule has 2 aromatic rings. The number of hydrogen-bond donors (Lipinski definition) is 0. The minimum absolute atomic E-state index is 0.293. The highest BCUT2D eigenvalue weighted by Gasteiger charge is 2.23. The van der Waals surface area contributed by atoms with Gasteiger partial charge >= 0.3 is 0 Å². The van der Waals surface area contributed by atoms with Crippen molar-refractivity contribution in [1.82, 2.24) is 4.98 Å². The molecule has 4 heteroatoms. The van der Waals surface area contributed by atoms with Gasteiger partial charge in [-0.05, 0) is 24.5 Å². The molecule has 0 bridgehead atoms. The summed E-state index contributed by atoms with van der Waals surface area (Å²) in [4.78, 5) is 4.68. The minimum atomic E-state index is -0.293. The molecule has 0 amide bonds. The van der Waals surface area contributed by atoms with Gasteiger partial charge in [0.15, 0.2) is 6.29 Å². The molecule has 4 nitrogen and oxygen atoms in total. The summed E-state index contributed by atoms with van der Waals surface area (Å²) in [6, 6.07) is 12.7. The molecule has 1 fully saturated rings. The molecular formula is C32H49NO3. The van der Waals surface area contributed by atoms with Gasteiger partial charge in [0.25, 0.3) is 0 Å². The van der Waals surface area contributed by atoms with Gasteiger partial charge in [0.2, 0.25) is 0 Å². The summed E-state index contributed by atoms with van der Waals surface area (Å²) in [5, 5.41) is 0. The van der Waals surface area contributed by atoms with Gasteiger partial charge in [0, 0.05) is 29.8 Å². The number of ether oxygens (including phenoxy) is 3. The summed E-state index contributed by atoms with van der Waals surface area (Å²) >= 11 is 0. The Labute approximate surface area is 220 Å². The summed E-state index contributed by atoms with van der Waals surface area (Å²) in [5.74, 6) is 0.521. The zero-order valence-corrected chi connectivity index (χ0v) is 22.9. The molecule has 36 heavy (non-hydrogen) atoms. The number of benzene rings is 1. The van der Waals surface area contributed by atoms with Gasteiger partial charge in [-0.3, -0.25) is 4.98 Å². The zero-order valence-electron chi connectivity index (χ0n) is 22.9. The highest BCUT2D eigenvalue weighted by Crippen LogP contribution is 2.28. The lowest BCUT2D eigenvalue weighted by atomic mass is 10.0. The van der Waals surface area contributed by atoms with Crippen LogP contribution in [-0.4, -0.2) is 24.8 Å². The lowest BCUT2D eigenvalue weighted by molar-refractivity contribution is -0.206. The van der Waals surface area contributed by atoms with E-state index < -0.39 is 0 Å². The average molecular weight is 496 g/mol. The van der Waals surface area contributed by atoms with Crippen LogP contribution in [0.25, 0.3) is 11.3 Å². The Kier molecular flexibility index (Phi) is 14.1. The van der Waals surface area contributed by atoms with Crippen LogP contribution < -0.4 is 0 Å². The SMILES string of the molecule is CCCCCCCCCC[C@H]1CO[C@H](c2ccc(-c3ccc(COCCCCCC)cc3)nc2)OC1. The standard InChI is InChI=1S/C32H49NO3/c1-3-5-7-9-10-11-12-13-15-28-25-35-32(36-26-28)30-20-21-31(33-23-30)29-18-16-27(17-19-29)24-34-22-14-8-6-4-2/h16-21,23,28,32H,3-15,22,24-26H2,1-2H3/t28-,32-. The second-order valence-electron chi connectivity index (χ2n) is 10.4. The molecule has 0 radical (unpaired) electrons. The first kappa shape index (κ1) is 28.8. The van der Waals surface area contributed by atoms with E-state index >= 15 is 0 Å². The van der Waals surface area contributed by atoms with Gasteiger partial charge in [-0.25, -0.2) is 0 Å². The number of aromatic nitrogens is 1. The van der Waals surface area contributed by atoms with Crippen LogP contribution in [0.1, 0.15) is 115 Å². The third-order valence-electron chi connectivity index (χ3n) is 7.15. The molecular weight excluding hydrogens is 446 g/mol. The van der Waals surface area contributed by atoms with Crippen molar-refractivity contribution in [2.45, 2.75) is 110 Å². The molecule has 2 heterocycles. The van der Waals surface area contributed by atoms with Crippen molar-refractivity contribution < 1.29 is 14.2 Å². The maximum Gasteiger partial charge on any atom is 0.185 e. The second-order valence-corrected chi connectivity index (χ2v) is 10.4. The highest BCUT2D eigenvalue weighted by molar-refractivity contribution is 5.59. The van der Waals surface area contributed by atoms with Gasteiger partial charge in [0.1, 0.15) is 0 Å². The lowest BCUT2D eigenvalue weighted by Gasteiger charge is -2.29. The number of pyridine rings is 1. The van der Waals surface area contributed by atoms with Crippen LogP contribution in [0.5, 0.6) is 0 Å². The first-order valence-electron chi connectivity index (χ1n) is 14.7. The van der Waals surface area contributed by atoms with Crippen LogP contribution in [0.2, 0.25) is 0 Å². The van der Waals surface area contributed by atoms with Crippen molar-refractivity contribution in [3.8, 4) is 11.3 Å². The third kappa shape index (κ3) is 10.7. The zero-order chi connectivity index (χ0) is 25.3. The van der Waals surface area contributed by atoms with Crippen LogP contribution >= 0.6 is 0 Å². The predicted molar refractivity (Wildman–Crippen MR) is 149 cm³/mol. The van der Waals surface area contributed by atoms with Crippen LogP contribution in [-0.2, 0) is 20.8 Å². The number of rotatable bonds is 18. The van der Waals surface area contributed by atoms with Crippen molar-refractivity contribution in [3.05, 3.63) is 53.7 Å². The largest absolute Gasteiger partial charge is 0.377 e. The average Bonchev–Trinajstić information content (AvgIpc) is 2.93. The topological polar surface area (TPSA) is 40.6 Å². The number of unbranched alkanes of at least 4 members (excludes halogenated alkanes) is 10. The van der Waals surface area contributed by atoms with E-state index in [9.17, 15) is 0 Å². The molecule has 0 saturated carbocycles. The first-order valence-corrected chi connectivity index (χ1v) is 14.7. The molecule has 1 aromatic heterocycles. The van der Waals surface area contributed by atoms with E-state index in [1.165, 1.54) is 82.6 Å². The minimum Gasteiger partial charge on any atom is -0.377 e. The summed E-state index contributed by atoms with van der Waals surface area (Å²) in [7, 11) is 0. The molecule has 0 aliphatic carbocycles. The lowest BCUT2D eigenvalue weighted by Crippen LogP contribution is -2.27. The Morgan fingerprint density at radius 2 is 1.39 bits per heavy atom. The Hall–Kier alpha value is -1.75. The van der Waals surface area contributed by atoms with Crippen molar-refractivity contribution in [3.63, 3.8) is 0 Å². The first-order chi connectivity index (χ1) is 17.8. The fourth-order valence-corrected chi connectivity index (χ4v) is 4.78. The summed E-state index contributed by atoms with van der Waals surface area (Å²) in [5.41, 5.74) is 4.28. The molecule has 3 rings (SSSR count). The van der Waals surface area contributed by atoms with Crippen LogP contribution in [0.15, 0.2) is 42.6 Å². The predicted octanol–water partition coefficient (Wildman–Crippen LogP) is 9.04. The van der Waals surface area contributed by atoms with Crippen LogP contribution in [0.4, 0.5) is 0 Å². The van der Waals surface area contributed by atoms with E-state index in [0.717, 1.165) is 43.1 Å². The van der Waals surface area contributed by atoms with Crippen LogP contribution in [0.3, 0.4) is 0 Å². The third-order valence-corrected chi connectivity index (χ3v) is 7.15. The maximum absolute atomic E-state index is 6.05. The highest BCUT2D eigenvalue weighted by atomic mass is 16.7. The molecule has 1 aliphatic heterocycles. The van der Waals surface area contributed by atoms with E-state index in [2.05, 4.69) is 55.2 Å². The van der Waals surface area contributed by atoms with Gasteiger partial charge in [-0.15, -0.1) is 0 Å². The number of hydrogen-bond acceptors (Lipinski definition) is 4. The van der Waals surface area contributed by atoms with Crippen molar-refractivity contribution >= 4 is 0 Å². The van der Waals surface area contributed by atoms with E-state index in [1.54, 1.807) is 0 Å². The Morgan fingerprint density at radius 3 is 2.03 bits per heavy atom. The van der Waals surface area contributed by atoms with E-state index in [0.29, 0.717) is 12.5 Å².